The Balaban J connectivity index is 1.47. The van der Waals surface area contributed by atoms with Crippen LogP contribution in [-0.4, -0.2) is 42.0 Å². The van der Waals surface area contributed by atoms with Crippen LogP contribution in [0.25, 0.3) is 22.4 Å². The zero-order valence-electron chi connectivity index (χ0n) is 15.8. The second-order valence-electron chi connectivity index (χ2n) is 6.68. The van der Waals surface area contributed by atoms with Crippen LogP contribution in [-0.2, 0) is 16.4 Å². The highest BCUT2D eigenvalue weighted by atomic mass is 32.2. The minimum absolute atomic E-state index is 0.133. The number of amides is 1. The molecule has 0 aliphatic rings. The van der Waals surface area contributed by atoms with Gasteiger partial charge in [-0.05, 0) is 29.8 Å². The van der Waals surface area contributed by atoms with Crippen molar-refractivity contribution in [3.05, 3.63) is 71.9 Å². The molecule has 2 aromatic heterocycles. The van der Waals surface area contributed by atoms with E-state index >= 15 is 0 Å². The molecule has 2 heterocycles. The molecule has 154 valence electrons. The average Bonchev–Trinajstić information content (AvgIpc) is 3.39. The molecule has 0 spiro atoms. The number of H-pyrrole nitrogens is 1. The van der Waals surface area contributed by atoms with Crippen LogP contribution in [0.3, 0.4) is 0 Å². The minimum atomic E-state index is -3.50. The first-order valence-corrected chi connectivity index (χ1v) is 10.9. The highest BCUT2D eigenvalue weighted by Crippen LogP contribution is 2.28. The van der Waals surface area contributed by atoms with Crippen molar-refractivity contribution in [3.8, 4) is 11.5 Å². The number of benzene rings is 2. The van der Waals surface area contributed by atoms with Crippen molar-refractivity contribution in [1.29, 1.82) is 0 Å². The number of para-hydroxylation sites is 1. The van der Waals surface area contributed by atoms with Crippen LogP contribution in [0.15, 0.2) is 70.1 Å². The lowest BCUT2D eigenvalue weighted by Gasteiger charge is -2.07. The molecule has 0 radical (unpaired) electrons. The maximum atomic E-state index is 12.7. The zero-order chi connectivity index (χ0) is 21.1. The van der Waals surface area contributed by atoms with Gasteiger partial charge in [-0.1, -0.05) is 30.3 Å². The molecule has 0 aliphatic carbocycles. The minimum Gasteiger partial charge on any atom is -0.454 e. The second-order valence-corrected chi connectivity index (χ2v) is 8.79. The van der Waals surface area contributed by atoms with Crippen molar-refractivity contribution in [2.45, 2.75) is 11.4 Å². The lowest BCUT2D eigenvalue weighted by Crippen LogP contribution is -2.23. The van der Waals surface area contributed by atoms with Crippen molar-refractivity contribution < 1.29 is 22.7 Å². The third-order valence-corrected chi connectivity index (χ3v) is 6.36. The number of carbonyl (C=O) groups excluding carboxylic acids is 1. The average molecular weight is 425 g/mol. The van der Waals surface area contributed by atoms with Crippen LogP contribution in [0, 0.1) is 0 Å². The van der Waals surface area contributed by atoms with Crippen LogP contribution in [0.5, 0.6) is 0 Å². The van der Waals surface area contributed by atoms with Gasteiger partial charge in [0.2, 0.25) is 0 Å². The van der Waals surface area contributed by atoms with E-state index in [1.54, 1.807) is 12.1 Å². The maximum Gasteiger partial charge on any atom is 0.255 e. The number of aromatic nitrogens is 2. The Labute approximate surface area is 172 Å². The Bertz CT molecular complexity index is 1260. The largest absolute Gasteiger partial charge is 0.454 e. The SMILES string of the molecule is O=C(NCc1ccc(S(=O)(=O)CCO)cc1)c1cn[nH]c1-c1cc2ccccc2o1. The maximum absolute atomic E-state index is 12.7. The highest BCUT2D eigenvalue weighted by molar-refractivity contribution is 7.91. The first-order valence-electron chi connectivity index (χ1n) is 9.21. The van der Waals surface area contributed by atoms with E-state index in [1.165, 1.54) is 18.3 Å². The summed E-state index contributed by atoms with van der Waals surface area (Å²) in [6.45, 7) is -0.220. The van der Waals surface area contributed by atoms with Gasteiger partial charge < -0.3 is 14.8 Å². The van der Waals surface area contributed by atoms with Gasteiger partial charge in [-0.2, -0.15) is 5.10 Å². The molecule has 8 nitrogen and oxygen atoms in total. The molecule has 2 aromatic carbocycles. The van der Waals surface area contributed by atoms with E-state index in [9.17, 15) is 13.2 Å². The third-order valence-electron chi connectivity index (χ3n) is 4.65. The van der Waals surface area contributed by atoms with Crippen molar-refractivity contribution in [2.75, 3.05) is 12.4 Å². The number of fused-ring (bicyclic) bond motifs is 1. The molecule has 0 aliphatic heterocycles. The lowest BCUT2D eigenvalue weighted by atomic mass is 10.1. The fourth-order valence-electron chi connectivity index (χ4n) is 3.08. The van der Waals surface area contributed by atoms with E-state index in [-0.39, 0.29) is 23.1 Å². The number of carbonyl (C=O) groups is 1. The van der Waals surface area contributed by atoms with E-state index in [0.717, 1.165) is 10.9 Å². The molecular weight excluding hydrogens is 406 g/mol. The van der Waals surface area contributed by atoms with E-state index in [4.69, 9.17) is 9.52 Å². The van der Waals surface area contributed by atoms with Crippen molar-refractivity contribution >= 4 is 26.7 Å². The Morgan fingerprint density at radius 2 is 1.90 bits per heavy atom. The lowest BCUT2D eigenvalue weighted by molar-refractivity contribution is 0.0951. The number of rotatable bonds is 7. The van der Waals surface area contributed by atoms with Gasteiger partial charge in [0.05, 0.1) is 29.0 Å². The van der Waals surface area contributed by atoms with Crippen molar-refractivity contribution in [2.24, 2.45) is 0 Å². The number of sulfone groups is 1. The predicted octanol–water partition coefficient (Wildman–Crippen LogP) is 2.52. The molecule has 0 bridgehead atoms. The number of aliphatic hydroxyl groups is 1. The highest BCUT2D eigenvalue weighted by Gasteiger charge is 2.18. The van der Waals surface area contributed by atoms with Crippen LogP contribution >= 0.6 is 0 Å². The molecule has 30 heavy (non-hydrogen) atoms. The van der Waals surface area contributed by atoms with Crippen molar-refractivity contribution in [1.82, 2.24) is 15.5 Å². The molecule has 1 amide bonds. The standard InChI is InChI=1S/C21H19N3O5S/c25-9-10-30(27,28)16-7-5-14(6-8-16)12-22-21(26)17-13-23-24-20(17)19-11-15-3-1-2-4-18(15)29-19/h1-8,11,13,25H,9-10,12H2,(H,22,26)(H,23,24). The Morgan fingerprint density at radius 1 is 1.13 bits per heavy atom. The fraction of sp³-hybridized carbons (Fsp3) is 0.143. The molecule has 9 heteroatoms. The van der Waals surface area contributed by atoms with E-state index < -0.39 is 16.4 Å². The topological polar surface area (TPSA) is 125 Å². The van der Waals surface area contributed by atoms with Crippen LogP contribution in [0.4, 0.5) is 0 Å². The van der Waals surface area contributed by atoms with Gasteiger partial charge in [-0.3, -0.25) is 9.89 Å². The summed E-state index contributed by atoms with van der Waals surface area (Å²) in [7, 11) is -3.50. The molecule has 0 atom stereocenters. The summed E-state index contributed by atoms with van der Waals surface area (Å²) in [5.74, 6) is -0.151. The van der Waals surface area contributed by atoms with Gasteiger partial charge in [0.25, 0.3) is 5.91 Å². The summed E-state index contributed by atoms with van der Waals surface area (Å²) in [6.07, 6.45) is 1.43. The second kappa shape index (κ2) is 8.13. The van der Waals surface area contributed by atoms with Gasteiger partial charge in [0.1, 0.15) is 11.3 Å². The molecule has 3 N–H and O–H groups in total. The Hall–Kier alpha value is -3.43. The molecular formula is C21H19N3O5S. The quantitative estimate of drug-likeness (QED) is 0.418. The molecule has 0 saturated carbocycles. The number of hydrogen-bond acceptors (Lipinski definition) is 6. The van der Waals surface area contributed by atoms with Gasteiger partial charge in [0, 0.05) is 11.9 Å². The summed E-state index contributed by atoms with van der Waals surface area (Å²) in [4.78, 5) is 12.8. The monoisotopic (exact) mass is 425 g/mol. The van der Waals surface area contributed by atoms with E-state index in [0.29, 0.717) is 22.6 Å². The number of hydrogen-bond donors (Lipinski definition) is 3. The van der Waals surface area contributed by atoms with Gasteiger partial charge >= 0.3 is 0 Å². The number of aliphatic hydroxyl groups excluding tert-OH is 1. The summed E-state index contributed by atoms with van der Waals surface area (Å²) >= 11 is 0. The normalized spacial score (nSPS) is 11.6. The molecule has 0 saturated heterocycles. The first-order chi connectivity index (χ1) is 14.5. The molecule has 0 unspecified atom stereocenters. The van der Waals surface area contributed by atoms with Crippen molar-refractivity contribution in [3.63, 3.8) is 0 Å². The molecule has 4 rings (SSSR count). The van der Waals surface area contributed by atoms with E-state index in [1.807, 2.05) is 30.3 Å². The van der Waals surface area contributed by atoms with Gasteiger partial charge in [-0.15, -0.1) is 0 Å². The smallest absolute Gasteiger partial charge is 0.255 e. The summed E-state index contributed by atoms with van der Waals surface area (Å²) in [5, 5.41) is 19.4. The first kappa shape index (κ1) is 19.9. The number of furan rings is 1. The Morgan fingerprint density at radius 3 is 2.63 bits per heavy atom. The molecule has 0 fully saturated rings. The predicted molar refractivity (Wildman–Crippen MR) is 111 cm³/mol. The van der Waals surface area contributed by atoms with Crippen LogP contribution in [0.2, 0.25) is 0 Å². The summed E-state index contributed by atoms with van der Waals surface area (Å²) in [6, 6.07) is 15.6. The van der Waals surface area contributed by atoms with E-state index in [2.05, 4.69) is 15.5 Å². The van der Waals surface area contributed by atoms with Crippen LogP contribution in [0.1, 0.15) is 15.9 Å². The summed E-state index contributed by atoms with van der Waals surface area (Å²) in [5.41, 5.74) is 2.27. The third kappa shape index (κ3) is 3.98. The summed E-state index contributed by atoms with van der Waals surface area (Å²) < 4.78 is 29.7. The zero-order valence-corrected chi connectivity index (χ0v) is 16.6. The van der Waals surface area contributed by atoms with Crippen LogP contribution < -0.4 is 5.32 Å². The van der Waals surface area contributed by atoms with Gasteiger partial charge in [0.15, 0.2) is 15.6 Å². The Kier molecular flexibility index (Phi) is 5.39. The fourth-order valence-corrected chi connectivity index (χ4v) is 4.11. The van der Waals surface area contributed by atoms with Gasteiger partial charge in [-0.25, -0.2) is 8.42 Å². The molecule has 4 aromatic rings. The number of nitrogens with one attached hydrogen (secondary N) is 2. The number of nitrogens with zero attached hydrogens (tertiary/aromatic N) is 1. The number of aromatic amines is 1.